The summed E-state index contributed by atoms with van der Waals surface area (Å²) in [6, 6.07) is 1.60. The van der Waals surface area contributed by atoms with Crippen molar-refractivity contribution in [2.45, 2.75) is 34.5 Å². The normalized spacial score (nSPS) is 17.4. The van der Waals surface area contributed by atoms with Crippen molar-refractivity contribution in [3.8, 4) is 0 Å². The molecule has 1 rings (SSSR count). The molecular weight excluding hydrogens is 549 g/mol. The van der Waals surface area contributed by atoms with Gasteiger partial charge in [0.05, 0.1) is 10.6 Å². The summed E-state index contributed by atoms with van der Waals surface area (Å²) in [7, 11) is -4.16. The van der Waals surface area contributed by atoms with Crippen LogP contribution in [0.1, 0.15) is 0 Å². The number of alkyl halides is 12. The highest BCUT2D eigenvalue weighted by molar-refractivity contribution is 14.1. The number of anilines is 1. The highest BCUT2D eigenvalue weighted by atomic mass is 127. The lowest BCUT2D eigenvalue weighted by Crippen LogP contribution is -2.66. The first-order valence-electron chi connectivity index (χ1n) is 6.03. The van der Waals surface area contributed by atoms with Crippen LogP contribution >= 0.6 is 22.6 Å². The number of benzene rings is 1. The van der Waals surface area contributed by atoms with Crippen molar-refractivity contribution in [1.82, 2.24) is 0 Å². The molecule has 2 unspecified atom stereocenters. The topological polar surface area (TPSA) is 29.1 Å². The fourth-order valence-corrected chi connectivity index (χ4v) is 3.21. The average molecular weight is 553 g/mol. The summed E-state index contributed by atoms with van der Waals surface area (Å²) in [5, 5.41) is 0.170. The van der Waals surface area contributed by atoms with Crippen LogP contribution in [0.15, 0.2) is 23.1 Å². The Balaban J connectivity index is 3.70. The largest absolute Gasteiger partial charge is 0.475 e. The second-order valence-corrected chi connectivity index (χ2v) is 7.28. The van der Waals surface area contributed by atoms with Crippen LogP contribution in [-0.4, -0.2) is 33.8 Å². The molecular formula is C11H4F12INOS. The van der Waals surface area contributed by atoms with E-state index in [4.69, 9.17) is 0 Å². The number of halogens is 13. The number of para-hydroxylation sites is 1. The van der Waals surface area contributed by atoms with E-state index >= 15 is 0 Å². The zero-order valence-electron chi connectivity index (χ0n) is 12.0. The van der Waals surface area contributed by atoms with Crippen LogP contribution in [0.5, 0.6) is 0 Å². The van der Waals surface area contributed by atoms with Crippen LogP contribution in [0, 0.1) is 3.57 Å². The van der Waals surface area contributed by atoms with E-state index in [1.165, 1.54) is 0 Å². The van der Waals surface area contributed by atoms with Gasteiger partial charge in [-0.05, 0) is 34.7 Å². The summed E-state index contributed by atoms with van der Waals surface area (Å²) in [6.45, 7) is 0. The molecule has 0 aliphatic carbocycles. The van der Waals surface area contributed by atoms with E-state index in [9.17, 15) is 56.9 Å². The third-order valence-corrected chi connectivity index (χ3v) is 4.92. The molecule has 0 aliphatic rings. The summed E-state index contributed by atoms with van der Waals surface area (Å²) in [4.78, 5) is -1.67. The predicted octanol–water partition coefficient (Wildman–Crippen LogP) is 5.76. The van der Waals surface area contributed by atoms with Crippen LogP contribution in [-0.2, 0) is 10.8 Å². The minimum absolute atomic E-state index is 0.170. The van der Waals surface area contributed by atoms with Crippen LogP contribution in [0.2, 0.25) is 0 Å². The van der Waals surface area contributed by atoms with E-state index in [0.29, 0.717) is 12.1 Å². The van der Waals surface area contributed by atoms with Crippen LogP contribution in [0.4, 0.5) is 58.4 Å². The molecule has 0 fully saturated rings. The molecule has 1 N–H and O–H groups in total. The van der Waals surface area contributed by atoms with Crippen molar-refractivity contribution in [2.75, 3.05) is 5.32 Å². The summed E-state index contributed by atoms with van der Waals surface area (Å²) in [6.07, 6.45) is -14.0. The Morgan fingerprint density at radius 3 is 1.67 bits per heavy atom. The first kappa shape index (κ1) is 24.1. The Morgan fingerprint density at radius 1 is 0.815 bits per heavy atom. The molecule has 0 heterocycles. The lowest BCUT2D eigenvalue weighted by Gasteiger charge is -2.37. The van der Waals surface area contributed by atoms with Gasteiger partial charge in [-0.25, -0.2) is 8.60 Å². The quantitative estimate of drug-likeness (QED) is 0.292. The summed E-state index contributed by atoms with van der Waals surface area (Å²) >= 11 is 0.940. The first-order valence-corrected chi connectivity index (χ1v) is 8.25. The minimum atomic E-state index is -7.10. The van der Waals surface area contributed by atoms with Crippen LogP contribution < -0.4 is 5.32 Å². The van der Waals surface area contributed by atoms with Crippen LogP contribution in [0.3, 0.4) is 0 Å². The Morgan fingerprint density at radius 2 is 1.30 bits per heavy atom. The molecule has 0 amide bonds. The van der Waals surface area contributed by atoms with Gasteiger partial charge in [0, 0.05) is 3.57 Å². The van der Waals surface area contributed by atoms with E-state index in [0.717, 1.165) is 22.6 Å². The van der Waals surface area contributed by atoms with Gasteiger partial charge in [0.1, 0.15) is 0 Å². The Labute approximate surface area is 157 Å². The Bertz CT molecular complexity index is 728. The number of nitrogens with one attached hydrogen (secondary N) is 1. The van der Waals surface area contributed by atoms with E-state index in [-0.39, 0.29) is 11.4 Å². The van der Waals surface area contributed by atoms with Crippen molar-refractivity contribution in [3.05, 3.63) is 21.8 Å². The minimum Gasteiger partial charge on any atom is -0.339 e. The maximum atomic E-state index is 14.1. The molecule has 0 radical (unpaired) electrons. The monoisotopic (exact) mass is 553 g/mol. The second-order valence-electron chi connectivity index (χ2n) is 4.68. The van der Waals surface area contributed by atoms with Gasteiger partial charge in [0.25, 0.3) is 0 Å². The number of hydrogen-bond acceptors (Lipinski definition) is 2. The van der Waals surface area contributed by atoms with Gasteiger partial charge >= 0.3 is 29.6 Å². The van der Waals surface area contributed by atoms with E-state index < -0.39 is 54.5 Å². The lowest BCUT2D eigenvalue weighted by molar-refractivity contribution is -0.375. The highest BCUT2D eigenvalue weighted by Crippen LogP contribution is 2.53. The highest BCUT2D eigenvalue weighted by Gasteiger charge is 2.82. The van der Waals surface area contributed by atoms with Crippen molar-refractivity contribution < 1.29 is 56.9 Å². The molecule has 0 saturated heterocycles. The molecule has 0 saturated carbocycles. The van der Waals surface area contributed by atoms with Gasteiger partial charge in [0.15, 0.2) is 10.8 Å². The standard InChI is InChI=1S/C11H4F12INOS/c12-7(13,9(15,16)17)8(14,10(18,19)20)25-6-4(24)2-1-3-5(6)27(26)11(21,22)23/h1-3,25H. The van der Waals surface area contributed by atoms with Gasteiger partial charge in [-0.15, -0.1) is 0 Å². The third kappa shape index (κ3) is 4.40. The Hall–Kier alpha value is -0.940. The first-order chi connectivity index (χ1) is 11.8. The van der Waals surface area contributed by atoms with Crippen molar-refractivity contribution in [2.24, 2.45) is 0 Å². The summed E-state index contributed by atoms with van der Waals surface area (Å²) < 4.78 is 164. The van der Waals surface area contributed by atoms with Gasteiger partial charge in [-0.1, -0.05) is 6.07 Å². The van der Waals surface area contributed by atoms with Gasteiger partial charge in [0.2, 0.25) is 0 Å². The molecule has 16 heteroatoms. The van der Waals surface area contributed by atoms with E-state index in [1.807, 2.05) is 0 Å². The molecule has 1 aromatic rings. The molecule has 2 nitrogen and oxygen atoms in total. The maximum Gasteiger partial charge on any atom is 0.475 e. The average Bonchev–Trinajstić information content (AvgIpc) is 2.44. The zero-order chi connectivity index (χ0) is 21.6. The van der Waals surface area contributed by atoms with Crippen LogP contribution in [0.25, 0.3) is 0 Å². The maximum absolute atomic E-state index is 14.1. The lowest BCUT2D eigenvalue weighted by atomic mass is 10.1. The Kier molecular flexibility index (Phi) is 6.38. The molecule has 27 heavy (non-hydrogen) atoms. The summed E-state index contributed by atoms with van der Waals surface area (Å²) in [5.74, 6) is -13.7. The zero-order valence-corrected chi connectivity index (χ0v) is 14.9. The second kappa shape index (κ2) is 7.14. The SMILES string of the molecule is O=S(c1cccc(I)c1NC(F)(C(F)(F)F)C(F)(F)C(F)(F)F)C(F)(F)F. The van der Waals surface area contributed by atoms with E-state index in [1.54, 1.807) is 0 Å². The smallest absolute Gasteiger partial charge is 0.339 e. The van der Waals surface area contributed by atoms with Gasteiger partial charge < -0.3 is 5.32 Å². The fraction of sp³-hybridized carbons (Fsp3) is 0.455. The van der Waals surface area contributed by atoms with Crippen molar-refractivity contribution in [1.29, 1.82) is 0 Å². The van der Waals surface area contributed by atoms with Crippen molar-refractivity contribution >= 4 is 39.1 Å². The molecule has 2 atom stereocenters. The molecule has 0 aliphatic heterocycles. The predicted molar refractivity (Wildman–Crippen MR) is 76.1 cm³/mol. The van der Waals surface area contributed by atoms with Gasteiger partial charge in [-0.2, -0.15) is 48.3 Å². The third-order valence-electron chi connectivity index (χ3n) is 2.86. The number of hydrogen-bond donors (Lipinski definition) is 1. The van der Waals surface area contributed by atoms with Gasteiger partial charge in [-0.3, -0.25) is 0 Å². The molecule has 0 bridgehead atoms. The fourth-order valence-electron chi connectivity index (χ4n) is 1.60. The molecule has 1 aromatic carbocycles. The van der Waals surface area contributed by atoms with Crippen molar-refractivity contribution in [3.63, 3.8) is 0 Å². The molecule has 0 aromatic heterocycles. The molecule has 0 spiro atoms. The molecule has 156 valence electrons. The van der Waals surface area contributed by atoms with E-state index in [2.05, 4.69) is 0 Å². The summed E-state index contributed by atoms with van der Waals surface area (Å²) in [5.41, 5.74) is -7.40. The number of rotatable bonds is 4.